The number of morpholine rings is 1. The first kappa shape index (κ1) is 11.4. The first-order chi connectivity index (χ1) is 7.61. The summed E-state index contributed by atoms with van der Waals surface area (Å²) in [6, 6.07) is 8.07. The summed E-state index contributed by atoms with van der Waals surface area (Å²) in [4.78, 5) is 0. The SMILES string of the molecule is COc1ccc([C@@H]2CNCC(C)(C)O2)cc1. The molecule has 0 aromatic heterocycles. The first-order valence-corrected chi connectivity index (χ1v) is 5.63. The lowest BCUT2D eigenvalue weighted by molar-refractivity contribution is -0.0958. The van der Waals surface area contributed by atoms with Crippen LogP contribution in [0, 0.1) is 0 Å². The molecule has 3 nitrogen and oxygen atoms in total. The van der Waals surface area contributed by atoms with E-state index in [1.807, 2.05) is 12.1 Å². The van der Waals surface area contributed by atoms with Crippen LogP contribution in [0.4, 0.5) is 0 Å². The second kappa shape index (κ2) is 4.44. The van der Waals surface area contributed by atoms with Gasteiger partial charge in [-0.3, -0.25) is 0 Å². The third-order valence-corrected chi connectivity index (χ3v) is 2.83. The normalized spacial score (nSPS) is 24.1. The van der Waals surface area contributed by atoms with Gasteiger partial charge in [0.25, 0.3) is 0 Å². The van der Waals surface area contributed by atoms with Crippen LogP contribution in [0.3, 0.4) is 0 Å². The minimum Gasteiger partial charge on any atom is -0.497 e. The van der Waals surface area contributed by atoms with Crippen LogP contribution in [0.15, 0.2) is 24.3 Å². The van der Waals surface area contributed by atoms with Gasteiger partial charge in [-0.2, -0.15) is 0 Å². The molecule has 0 unspecified atom stereocenters. The Hall–Kier alpha value is -1.06. The van der Waals surface area contributed by atoms with E-state index >= 15 is 0 Å². The maximum Gasteiger partial charge on any atom is 0.118 e. The highest BCUT2D eigenvalue weighted by Crippen LogP contribution is 2.27. The Labute approximate surface area is 96.8 Å². The maximum absolute atomic E-state index is 6.03. The number of hydrogen-bond acceptors (Lipinski definition) is 3. The van der Waals surface area contributed by atoms with Crippen molar-refractivity contribution in [2.75, 3.05) is 20.2 Å². The van der Waals surface area contributed by atoms with Crippen molar-refractivity contribution in [2.45, 2.75) is 25.6 Å². The minimum atomic E-state index is -0.0944. The second-order valence-electron chi connectivity index (χ2n) is 4.77. The number of benzene rings is 1. The summed E-state index contributed by atoms with van der Waals surface area (Å²) in [5.74, 6) is 0.881. The molecule has 3 heteroatoms. The van der Waals surface area contributed by atoms with Crippen molar-refractivity contribution in [3.63, 3.8) is 0 Å². The molecule has 0 saturated carbocycles. The van der Waals surface area contributed by atoms with Crippen molar-refractivity contribution in [3.8, 4) is 5.75 Å². The van der Waals surface area contributed by atoms with Crippen LogP contribution in [0.25, 0.3) is 0 Å². The molecule has 1 atom stereocenters. The molecule has 0 bridgehead atoms. The third kappa shape index (κ3) is 2.54. The molecule has 1 aromatic carbocycles. The van der Waals surface area contributed by atoms with Gasteiger partial charge in [-0.05, 0) is 31.5 Å². The fourth-order valence-corrected chi connectivity index (χ4v) is 1.98. The quantitative estimate of drug-likeness (QED) is 0.830. The van der Waals surface area contributed by atoms with Crippen LogP contribution in [0.5, 0.6) is 5.75 Å². The zero-order valence-corrected chi connectivity index (χ0v) is 10.1. The van der Waals surface area contributed by atoms with Gasteiger partial charge >= 0.3 is 0 Å². The van der Waals surface area contributed by atoms with Crippen molar-refractivity contribution >= 4 is 0 Å². The van der Waals surface area contributed by atoms with E-state index in [4.69, 9.17) is 9.47 Å². The summed E-state index contributed by atoms with van der Waals surface area (Å²) in [7, 11) is 1.68. The van der Waals surface area contributed by atoms with Gasteiger partial charge < -0.3 is 14.8 Å². The summed E-state index contributed by atoms with van der Waals surface area (Å²) < 4.78 is 11.2. The van der Waals surface area contributed by atoms with Crippen molar-refractivity contribution in [3.05, 3.63) is 29.8 Å². The molecular formula is C13H19NO2. The Balaban J connectivity index is 2.11. The molecular weight excluding hydrogens is 202 g/mol. The van der Waals surface area contributed by atoms with Gasteiger partial charge in [0.2, 0.25) is 0 Å². The lowest BCUT2D eigenvalue weighted by atomic mass is 10.0. The summed E-state index contributed by atoms with van der Waals surface area (Å²) in [6.07, 6.45) is 0.134. The van der Waals surface area contributed by atoms with E-state index in [-0.39, 0.29) is 11.7 Å². The van der Waals surface area contributed by atoms with Crippen LogP contribution in [-0.2, 0) is 4.74 Å². The molecule has 1 aliphatic rings. The average molecular weight is 221 g/mol. The van der Waals surface area contributed by atoms with Gasteiger partial charge in [-0.15, -0.1) is 0 Å². The van der Waals surface area contributed by atoms with Crippen LogP contribution < -0.4 is 10.1 Å². The van der Waals surface area contributed by atoms with E-state index < -0.39 is 0 Å². The lowest BCUT2D eigenvalue weighted by Crippen LogP contribution is -2.46. The van der Waals surface area contributed by atoms with Crippen molar-refractivity contribution in [1.29, 1.82) is 0 Å². The van der Waals surface area contributed by atoms with Gasteiger partial charge in [-0.1, -0.05) is 12.1 Å². The van der Waals surface area contributed by atoms with E-state index in [1.54, 1.807) is 7.11 Å². The van der Waals surface area contributed by atoms with E-state index in [0.29, 0.717) is 0 Å². The molecule has 1 aliphatic heterocycles. The highest BCUT2D eigenvalue weighted by atomic mass is 16.5. The molecule has 1 aromatic rings. The zero-order valence-electron chi connectivity index (χ0n) is 10.1. The number of rotatable bonds is 2. The highest BCUT2D eigenvalue weighted by molar-refractivity contribution is 5.29. The number of ether oxygens (including phenoxy) is 2. The number of nitrogens with one attached hydrogen (secondary N) is 1. The average Bonchev–Trinajstić information content (AvgIpc) is 2.28. The van der Waals surface area contributed by atoms with Crippen molar-refractivity contribution in [2.24, 2.45) is 0 Å². The predicted molar refractivity (Wildman–Crippen MR) is 63.8 cm³/mol. The standard InChI is InChI=1S/C13H19NO2/c1-13(2)9-14-8-12(16-13)10-4-6-11(15-3)7-5-10/h4-7,12,14H,8-9H2,1-3H3/t12-/m0/s1. The Morgan fingerprint density at radius 2 is 2.00 bits per heavy atom. The van der Waals surface area contributed by atoms with Gasteiger partial charge in [-0.25, -0.2) is 0 Å². The molecule has 0 radical (unpaired) electrons. The fraction of sp³-hybridized carbons (Fsp3) is 0.538. The Morgan fingerprint density at radius 1 is 1.31 bits per heavy atom. The zero-order chi connectivity index (χ0) is 11.6. The van der Waals surface area contributed by atoms with Crippen LogP contribution in [0.1, 0.15) is 25.5 Å². The monoisotopic (exact) mass is 221 g/mol. The number of hydrogen-bond donors (Lipinski definition) is 1. The topological polar surface area (TPSA) is 30.5 Å². The van der Waals surface area contributed by atoms with Crippen LogP contribution >= 0.6 is 0 Å². The van der Waals surface area contributed by atoms with E-state index in [0.717, 1.165) is 18.8 Å². The van der Waals surface area contributed by atoms with Crippen LogP contribution in [-0.4, -0.2) is 25.8 Å². The lowest BCUT2D eigenvalue weighted by Gasteiger charge is -2.36. The minimum absolute atomic E-state index is 0.0944. The predicted octanol–water partition coefficient (Wildman–Crippen LogP) is 2.13. The fourth-order valence-electron chi connectivity index (χ4n) is 1.98. The van der Waals surface area contributed by atoms with Gasteiger partial charge in [0.15, 0.2) is 0 Å². The van der Waals surface area contributed by atoms with Crippen molar-refractivity contribution in [1.82, 2.24) is 5.32 Å². The smallest absolute Gasteiger partial charge is 0.118 e. The molecule has 1 fully saturated rings. The Bertz CT molecular complexity index is 345. The van der Waals surface area contributed by atoms with E-state index in [2.05, 4.69) is 31.3 Å². The van der Waals surface area contributed by atoms with Crippen LogP contribution in [0.2, 0.25) is 0 Å². The molecule has 1 heterocycles. The molecule has 0 amide bonds. The summed E-state index contributed by atoms with van der Waals surface area (Å²) in [6.45, 7) is 5.99. The largest absolute Gasteiger partial charge is 0.497 e. The molecule has 0 spiro atoms. The maximum atomic E-state index is 6.03. The Kier molecular flexibility index (Phi) is 3.17. The van der Waals surface area contributed by atoms with Gasteiger partial charge in [0, 0.05) is 13.1 Å². The number of methoxy groups -OCH3 is 1. The van der Waals surface area contributed by atoms with Crippen molar-refractivity contribution < 1.29 is 9.47 Å². The molecule has 88 valence electrons. The molecule has 1 saturated heterocycles. The second-order valence-corrected chi connectivity index (χ2v) is 4.77. The first-order valence-electron chi connectivity index (χ1n) is 5.63. The third-order valence-electron chi connectivity index (χ3n) is 2.83. The highest BCUT2D eigenvalue weighted by Gasteiger charge is 2.28. The van der Waals surface area contributed by atoms with E-state index in [1.165, 1.54) is 5.56 Å². The summed E-state index contributed by atoms with van der Waals surface area (Å²) >= 11 is 0. The summed E-state index contributed by atoms with van der Waals surface area (Å²) in [5.41, 5.74) is 1.10. The van der Waals surface area contributed by atoms with Gasteiger partial charge in [0.1, 0.15) is 5.75 Å². The van der Waals surface area contributed by atoms with E-state index in [9.17, 15) is 0 Å². The molecule has 16 heavy (non-hydrogen) atoms. The molecule has 1 N–H and O–H groups in total. The van der Waals surface area contributed by atoms with Gasteiger partial charge in [0.05, 0.1) is 18.8 Å². The Morgan fingerprint density at radius 3 is 2.56 bits per heavy atom. The molecule has 2 rings (SSSR count). The summed E-state index contributed by atoms with van der Waals surface area (Å²) in [5, 5.41) is 3.40. The molecule has 0 aliphatic carbocycles.